The topological polar surface area (TPSA) is 75.6 Å². The molecule has 1 fully saturated rings. The summed E-state index contributed by atoms with van der Waals surface area (Å²) in [5.41, 5.74) is 3.05. The van der Waals surface area contributed by atoms with Crippen LogP contribution in [0.2, 0.25) is 0 Å². The first-order chi connectivity index (χ1) is 13.8. The second kappa shape index (κ2) is 8.69. The van der Waals surface area contributed by atoms with E-state index in [1.165, 1.54) is 6.42 Å². The molecule has 1 aliphatic carbocycles. The number of carbonyl (C=O) groups is 1. The molecule has 0 unspecified atom stereocenters. The molecule has 0 bridgehead atoms. The predicted molar refractivity (Wildman–Crippen MR) is 115 cm³/mol. The molecular formula is C23H31N5O. The molecule has 0 saturated heterocycles. The number of amides is 1. The van der Waals surface area contributed by atoms with Crippen molar-refractivity contribution in [2.24, 2.45) is 5.92 Å². The van der Waals surface area contributed by atoms with Crippen LogP contribution in [0.15, 0.2) is 23.9 Å². The molecule has 0 spiro atoms. The maximum absolute atomic E-state index is 12.7. The second-order valence-electron chi connectivity index (χ2n) is 8.40. The Kier molecular flexibility index (Phi) is 6.26. The number of nitrogens with zero attached hydrogens (tertiary/aromatic N) is 4. The van der Waals surface area contributed by atoms with Gasteiger partial charge in [-0.1, -0.05) is 19.8 Å². The lowest BCUT2D eigenvalue weighted by Crippen LogP contribution is -2.41. The fraction of sp³-hybridized carbons (Fsp3) is 0.522. The van der Waals surface area contributed by atoms with Gasteiger partial charge in [-0.15, -0.1) is 0 Å². The molecule has 1 aliphatic rings. The summed E-state index contributed by atoms with van der Waals surface area (Å²) in [4.78, 5) is 12.7. The zero-order valence-corrected chi connectivity index (χ0v) is 18.1. The van der Waals surface area contributed by atoms with Crippen LogP contribution in [0.25, 0.3) is 11.9 Å². The van der Waals surface area contributed by atoms with Crippen LogP contribution in [0, 0.1) is 31.1 Å². The van der Waals surface area contributed by atoms with E-state index in [2.05, 4.69) is 41.8 Å². The van der Waals surface area contributed by atoms with Gasteiger partial charge >= 0.3 is 0 Å². The first-order valence-corrected chi connectivity index (χ1v) is 10.5. The third-order valence-electron chi connectivity index (χ3n) is 5.93. The Labute approximate surface area is 173 Å². The molecule has 1 saturated carbocycles. The van der Waals surface area contributed by atoms with Gasteiger partial charge in [0.15, 0.2) is 0 Å². The summed E-state index contributed by atoms with van der Waals surface area (Å²) >= 11 is 0. The van der Waals surface area contributed by atoms with E-state index in [1.807, 2.05) is 30.7 Å². The van der Waals surface area contributed by atoms with E-state index in [1.54, 1.807) is 12.3 Å². The highest BCUT2D eigenvalue weighted by atomic mass is 16.1. The van der Waals surface area contributed by atoms with Gasteiger partial charge in [-0.3, -0.25) is 4.79 Å². The number of aryl methyl sites for hydroxylation is 1. The molecule has 0 radical (unpaired) electrons. The summed E-state index contributed by atoms with van der Waals surface area (Å²) in [5.74, 6) is 1.16. The molecule has 154 valence electrons. The fourth-order valence-electron chi connectivity index (χ4n) is 4.25. The van der Waals surface area contributed by atoms with Crippen molar-refractivity contribution in [1.82, 2.24) is 19.7 Å². The molecule has 2 atom stereocenters. The molecular weight excluding hydrogens is 362 g/mol. The van der Waals surface area contributed by atoms with Crippen molar-refractivity contribution < 1.29 is 4.79 Å². The van der Waals surface area contributed by atoms with Crippen molar-refractivity contribution in [1.29, 1.82) is 5.26 Å². The number of carbonyl (C=O) groups excluding carboxylic acids is 1. The van der Waals surface area contributed by atoms with Crippen molar-refractivity contribution in [3.8, 4) is 11.9 Å². The maximum atomic E-state index is 12.7. The van der Waals surface area contributed by atoms with Crippen LogP contribution >= 0.6 is 0 Å². The van der Waals surface area contributed by atoms with Crippen LogP contribution in [0.5, 0.6) is 0 Å². The zero-order valence-electron chi connectivity index (χ0n) is 18.1. The van der Waals surface area contributed by atoms with Gasteiger partial charge in [0.25, 0.3) is 5.91 Å². The van der Waals surface area contributed by atoms with Gasteiger partial charge in [-0.05, 0) is 64.2 Å². The fourth-order valence-corrected chi connectivity index (χ4v) is 4.25. The van der Waals surface area contributed by atoms with Crippen LogP contribution in [0.4, 0.5) is 0 Å². The molecule has 2 aromatic heterocycles. The molecule has 1 amide bonds. The van der Waals surface area contributed by atoms with E-state index >= 15 is 0 Å². The lowest BCUT2D eigenvalue weighted by molar-refractivity contribution is -0.118. The van der Waals surface area contributed by atoms with E-state index in [0.717, 1.165) is 42.0 Å². The lowest BCUT2D eigenvalue weighted by atomic mass is 9.86. The third kappa shape index (κ3) is 4.29. The van der Waals surface area contributed by atoms with Gasteiger partial charge in [-0.2, -0.15) is 10.4 Å². The van der Waals surface area contributed by atoms with Gasteiger partial charge in [0.1, 0.15) is 17.5 Å². The van der Waals surface area contributed by atoms with Crippen LogP contribution in [0.3, 0.4) is 0 Å². The molecule has 0 aliphatic heterocycles. The Morgan fingerprint density at radius 3 is 2.72 bits per heavy atom. The summed E-state index contributed by atoms with van der Waals surface area (Å²) < 4.78 is 4.09. The quantitative estimate of drug-likeness (QED) is 0.601. The highest BCUT2D eigenvalue weighted by molar-refractivity contribution is 6.02. The number of hydrogen-bond donors (Lipinski definition) is 1. The van der Waals surface area contributed by atoms with Crippen molar-refractivity contribution in [3.63, 3.8) is 0 Å². The minimum absolute atomic E-state index is 0.153. The van der Waals surface area contributed by atoms with E-state index in [0.29, 0.717) is 5.92 Å². The summed E-state index contributed by atoms with van der Waals surface area (Å²) in [7, 11) is 0. The van der Waals surface area contributed by atoms with Crippen molar-refractivity contribution in [2.45, 2.75) is 72.4 Å². The predicted octanol–water partition coefficient (Wildman–Crippen LogP) is 4.47. The van der Waals surface area contributed by atoms with Gasteiger partial charge in [-0.25, -0.2) is 4.68 Å². The van der Waals surface area contributed by atoms with E-state index in [-0.39, 0.29) is 23.6 Å². The molecule has 3 rings (SSSR count). The average Bonchev–Trinajstić information content (AvgIpc) is 3.25. The normalized spacial score (nSPS) is 20.0. The maximum Gasteiger partial charge on any atom is 0.262 e. The smallest absolute Gasteiger partial charge is 0.262 e. The van der Waals surface area contributed by atoms with Crippen LogP contribution in [0.1, 0.15) is 69.4 Å². The summed E-state index contributed by atoms with van der Waals surface area (Å²) in [6.07, 6.45) is 7.96. The highest BCUT2D eigenvalue weighted by Gasteiger charge is 2.24. The summed E-state index contributed by atoms with van der Waals surface area (Å²) in [6, 6.07) is 6.48. The molecule has 0 aromatic carbocycles. The largest absolute Gasteiger partial charge is 0.348 e. The number of hydrogen-bond acceptors (Lipinski definition) is 3. The first-order valence-electron chi connectivity index (χ1n) is 10.5. The number of nitrogens with one attached hydrogen (secondary N) is 1. The van der Waals surface area contributed by atoms with E-state index in [4.69, 9.17) is 0 Å². The van der Waals surface area contributed by atoms with Gasteiger partial charge < -0.3 is 9.88 Å². The number of rotatable bonds is 5. The molecule has 6 nitrogen and oxygen atoms in total. The minimum Gasteiger partial charge on any atom is -0.348 e. The monoisotopic (exact) mass is 393 g/mol. The number of aromatic nitrogens is 3. The van der Waals surface area contributed by atoms with Gasteiger partial charge in [0, 0.05) is 29.5 Å². The number of nitriles is 1. The summed E-state index contributed by atoms with van der Waals surface area (Å²) in [5, 5.41) is 17.1. The van der Waals surface area contributed by atoms with Gasteiger partial charge in [0.05, 0.1) is 6.20 Å². The first kappa shape index (κ1) is 20.9. The Balaban J connectivity index is 1.90. The Morgan fingerprint density at radius 1 is 1.34 bits per heavy atom. The van der Waals surface area contributed by atoms with E-state index in [9.17, 15) is 10.1 Å². The highest BCUT2D eigenvalue weighted by Crippen LogP contribution is 2.26. The Bertz CT molecular complexity index is 957. The second-order valence-corrected chi connectivity index (χ2v) is 8.40. The van der Waals surface area contributed by atoms with E-state index < -0.39 is 0 Å². The zero-order chi connectivity index (χ0) is 21.1. The summed E-state index contributed by atoms with van der Waals surface area (Å²) in [6.45, 7) is 10.4. The van der Waals surface area contributed by atoms with Crippen LogP contribution < -0.4 is 5.32 Å². The standard InChI is InChI=1S/C23H31N5O/c1-15(2)28-22(10-11-25-28)27-17(4)12-19(18(27)5)13-20(14-24)23(29)26-21-9-7-6-8-16(21)3/h10-13,15-16,21H,6-9H2,1-5H3,(H,26,29)/b20-13+/t16-,21-/m1/s1. The molecule has 6 heteroatoms. The Morgan fingerprint density at radius 2 is 2.07 bits per heavy atom. The van der Waals surface area contributed by atoms with Crippen molar-refractivity contribution in [3.05, 3.63) is 40.9 Å². The van der Waals surface area contributed by atoms with Crippen molar-refractivity contribution >= 4 is 12.0 Å². The lowest BCUT2D eigenvalue weighted by Gasteiger charge is -2.29. The molecule has 1 N–H and O–H groups in total. The molecule has 29 heavy (non-hydrogen) atoms. The molecule has 2 heterocycles. The average molecular weight is 394 g/mol. The van der Waals surface area contributed by atoms with Gasteiger partial charge in [0.2, 0.25) is 0 Å². The Hall–Kier alpha value is -2.81. The van der Waals surface area contributed by atoms with Crippen LogP contribution in [-0.4, -0.2) is 26.3 Å². The van der Waals surface area contributed by atoms with Crippen molar-refractivity contribution in [2.75, 3.05) is 0 Å². The SMILES string of the molecule is Cc1cc(/C=C(\C#N)C(=O)N[C@@H]2CCCC[C@H]2C)c(C)n1-c1ccnn1C(C)C. The van der Waals surface area contributed by atoms with Crippen LogP contribution in [-0.2, 0) is 4.79 Å². The third-order valence-corrected chi connectivity index (χ3v) is 5.93. The minimum atomic E-state index is -0.275. The molecule has 2 aromatic rings.